The number of halogens is 1. The summed E-state index contributed by atoms with van der Waals surface area (Å²) in [6, 6.07) is 21.1. The molecule has 0 saturated carbocycles. The molecule has 0 spiro atoms. The van der Waals surface area contributed by atoms with Crippen LogP contribution in [0.25, 0.3) is 5.76 Å². The molecule has 1 amide bonds. The summed E-state index contributed by atoms with van der Waals surface area (Å²) in [6.07, 6.45) is 0.886. The molecule has 1 atom stereocenters. The van der Waals surface area contributed by atoms with E-state index in [-0.39, 0.29) is 16.5 Å². The second-order valence-corrected chi connectivity index (χ2v) is 13.0. The molecular formula is C32H30ClN3O4S2. The number of hydrogen-bond acceptors (Lipinski definition) is 8. The van der Waals surface area contributed by atoms with E-state index in [1.54, 1.807) is 12.1 Å². The molecule has 0 aliphatic carbocycles. The Balaban J connectivity index is 1.52. The number of aromatic nitrogens is 2. The molecule has 5 rings (SSSR count). The average Bonchev–Trinajstić information content (AvgIpc) is 3.54. The summed E-state index contributed by atoms with van der Waals surface area (Å²) in [5, 5.41) is 20.9. The zero-order chi connectivity index (χ0) is 29.8. The van der Waals surface area contributed by atoms with Crippen molar-refractivity contribution in [1.29, 1.82) is 0 Å². The largest absolute Gasteiger partial charge is 0.507 e. The number of carbonyl (C=O) groups excluding carboxylic acids is 2. The first-order valence-electron chi connectivity index (χ1n) is 13.5. The van der Waals surface area contributed by atoms with Crippen molar-refractivity contribution in [2.45, 2.75) is 43.3 Å². The fourth-order valence-corrected chi connectivity index (χ4v) is 6.43. The molecule has 1 N–H and O–H groups in total. The van der Waals surface area contributed by atoms with Gasteiger partial charge in [-0.1, -0.05) is 103 Å². The Hall–Kier alpha value is -3.66. The predicted molar refractivity (Wildman–Crippen MR) is 168 cm³/mol. The van der Waals surface area contributed by atoms with E-state index in [2.05, 4.69) is 24.0 Å². The summed E-state index contributed by atoms with van der Waals surface area (Å²) in [6.45, 7) is 6.73. The Morgan fingerprint density at radius 1 is 1.07 bits per heavy atom. The minimum atomic E-state index is -0.915. The van der Waals surface area contributed by atoms with Crippen LogP contribution in [0.4, 0.5) is 5.13 Å². The summed E-state index contributed by atoms with van der Waals surface area (Å²) in [4.78, 5) is 28.4. The molecule has 2 heterocycles. The monoisotopic (exact) mass is 619 g/mol. The van der Waals surface area contributed by atoms with Crippen molar-refractivity contribution in [3.8, 4) is 5.75 Å². The molecule has 4 aromatic rings. The normalized spacial score (nSPS) is 16.4. The van der Waals surface area contributed by atoms with Gasteiger partial charge in [0.1, 0.15) is 11.5 Å². The van der Waals surface area contributed by atoms with Gasteiger partial charge < -0.3 is 9.84 Å². The van der Waals surface area contributed by atoms with Crippen molar-refractivity contribution < 1.29 is 19.4 Å². The summed E-state index contributed by atoms with van der Waals surface area (Å²) >= 11 is 8.70. The number of ether oxygens (including phenoxy) is 1. The van der Waals surface area contributed by atoms with E-state index in [9.17, 15) is 14.7 Å². The molecule has 3 aromatic carbocycles. The molecule has 1 aliphatic heterocycles. The predicted octanol–water partition coefficient (Wildman–Crippen LogP) is 7.84. The Kier molecular flexibility index (Phi) is 9.30. The summed E-state index contributed by atoms with van der Waals surface area (Å²) < 4.78 is 6.63. The van der Waals surface area contributed by atoms with Crippen LogP contribution in [0, 0.1) is 12.8 Å². The maximum absolute atomic E-state index is 13.6. The van der Waals surface area contributed by atoms with Crippen LogP contribution in [0.2, 0.25) is 5.02 Å². The lowest BCUT2D eigenvalue weighted by Crippen LogP contribution is -2.29. The third kappa shape index (κ3) is 6.69. The highest BCUT2D eigenvalue weighted by molar-refractivity contribution is 8.00. The summed E-state index contributed by atoms with van der Waals surface area (Å²) in [5.41, 5.74) is 3.13. The number of rotatable bonds is 10. The molecule has 1 aliphatic rings. The van der Waals surface area contributed by atoms with Gasteiger partial charge in [-0.15, -0.1) is 10.2 Å². The molecule has 1 unspecified atom stereocenters. The lowest BCUT2D eigenvalue weighted by Gasteiger charge is -2.23. The standard InChI is InChI=1S/C32H30ClN3O4S2/c1-19(2)15-16-40-25-6-4-5-23(17-25)27-26(28(37)22-11-7-20(3)8-12-22)29(38)30(39)36(27)31-34-35-32(42-31)41-18-21-9-13-24(33)14-10-21/h4-14,17,19,27,37H,15-16,18H2,1-3H3/b28-26+. The smallest absolute Gasteiger partial charge is 0.301 e. The van der Waals surface area contributed by atoms with Gasteiger partial charge in [0.15, 0.2) is 4.34 Å². The summed E-state index contributed by atoms with van der Waals surface area (Å²) in [7, 11) is 0. The van der Waals surface area contributed by atoms with Gasteiger partial charge in [0.05, 0.1) is 18.2 Å². The first kappa shape index (κ1) is 29.8. The number of carbonyl (C=O) groups is 2. The van der Waals surface area contributed by atoms with Gasteiger partial charge in [-0.05, 0) is 54.7 Å². The lowest BCUT2D eigenvalue weighted by molar-refractivity contribution is -0.132. The maximum atomic E-state index is 13.6. The fourth-order valence-electron chi connectivity index (χ4n) is 4.48. The molecule has 42 heavy (non-hydrogen) atoms. The van der Waals surface area contributed by atoms with Crippen LogP contribution < -0.4 is 9.64 Å². The quantitative estimate of drug-likeness (QED) is 0.0635. The number of anilines is 1. The molecule has 0 radical (unpaired) electrons. The van der Waals surface area contributed by atoms with Gasteiger partial charge in [-0.25, -0.2) is 0 Å². The number of amides is 1. The number of nitrogens with zero attached hydrogens (tertiary/aromatic N) is 3. The SMILES string of the molecule is Cc1ccc(/C(O)=C2\C(=O)C(=O)N(c3nnc(SCc4ccc(Cl)cc4)s3)C2c2cccc(OCCC(C)C)c2)cc1. The fraction of sp³-hybridized carbons (Fsp3) is 0.250. The van der Waals surface area contributed by atoms with Gasteiger partial charge in [0.2, 0.25) is 5.13 Å². The number of ketones is 1. The highest BCUT2D eigenvalue weighted by Crippen LogP contribution is 2.44. The third-order valence-corrected chi connectivity index (χ3v) is 9.16. The van der Waals surface area contributed by atoms with Crippen molar-refractivity contribution in [3.63, 3.8) is 0 Å². The summed E-state index contributed by atoms with van der Waals surface area (Å²) in [5.74, 6) is -0.0599. The van der Waals surface area contributed by atoms with Gasteiger partial charge in [-0.2, -0.15) is 0 Å². The molecule has 1 aromatic heterocycles. The molecule has 216 valence electrons. The van der Waals surface area contributed by atoms with E-state index >= 15 is 0 Å². The highest BCUT2D eigenvalue weighted by Gasteiger charge is 2.48. The second-order valence-electron chi connectivity index (χ2n) is 10.4. The van der Waals surface area contributed by atoms with Crippen molar-refractivity contribution in [2.75, 3.05) is 11.5 Å². The molecule has 1 fully saturated rings. The van der Waals surface area contributed by atoms with E-state index in [4.69, 9.17) is 16.3 Å². The van der Waals surface area contributed by atoms with E-state index in [0.29, 0.717) is 44.5 Å². The van der Waals surface area contributed by atoms with Gasteiger partial charge in [0, 0.05) is 16.3 Å². The Bertz CT molecular complexity index is 1620. The Labute approximate surface area is 258 Å². The van der Waals surface area contributed by atoms with E-state index in [1.807, 2.05) is 67.6 Å². The van der Waals surface area contributed by atoms with Gasteiger partial charge in [0.25, 0.3) is 5.78 Å². The number of aliphatic hydroxyl groups excluding tert-OH is 1. The average molecular weight is 620 g/mol. The highest BCUT2D eigenvalue weighted by atomic mass is 35.5. The van der Waals surface area contributed by atoms with E-state index < -0.39 is 17.7 Å². The van der Waals surface area contributed by atoms with Crippen molar-refractivity contribution in [1.82, 2.24) is 10.2 Å². The van der Waals surface area contributed by atoms with E-state index in [1.165, 1.54) is 28.0 Å². The Morgan fingerprint density at radius 3 is 2.52 bits per heavy atom. The Morgan fingerprint density at radius 2 is 1.81 bits per heavy atom. The van der Waals surface area contributed by atoms with E-state index in [0.717, 1.165) is 17.5 Å². The van der Waals surface area contributed by atoms with Crippen LogP contribution in [-0.4, -0.2) is 33.6 Å². The molecule has 10 heteroatoms. The van der Waals surface area contributed by atoms with Crippen molar-refractivity contribution in [2.24, 2.45) is 5.92 Å². The molecule has 0 bridgehead atoms. The number of aryl methyl sites for hydroxylation is 1. The van der Waals surface area contributed by atoms with Crippen LogP contribution in [0.1, 0.15) is 48.6 Å². The first-order valence-corrected chi connectivity index (χ1v) is 15.7. The van der Waals surface area contributed by atoms with Crippen LogP contribution in [0.5, 0.6) is 5.75 Å². The number of benzene rings is 3. The topological polar surface area (TPSA) is 92.6 Å². The van der Waals surface area contributed by atoms with Crippen LogP contribution in [0.15, 0.2) is 82.7 Å². The number of hydrogen-bond donors (Lipinski definition) is 1. The van der Waals surface area contributed by atoms with Gasteiger partial charge >= 0.3 is 5.91 Å². The lowest BCUT2D eigenvalue weighted by atomic mass is 9.95. The van der Waals surface area contributed by atoms with Crippen molar-refractivity contribution in [3.05, 3.63) is 106 Å². The third-order valence-electron chi connectivity index (χ3n) is 6.78. The minimum absolute atomic E-state index is 0.00579. The zero-order valence-corrected chi connectivity index (χ0v) is 25.8. The van der Waals surface area contributed by atoms with Crippen LogP contribution in [0.3, 0.4) is 0 Å². The number of Topliss-reactive ketones (excluding diaryl/α,β-unsaturated/α-hetero) is 1. The zero-order valence-electron chi connectivity index (χ0n) is 23.4. The second kappa shape index (κ2) is 13.1. The molecular weight excluding hydrogens is 590 g/mol. The molecule has 7 nitrogen and oxygen atoms in total. The van der Waals surface area contributed by atoms with Crippen LogP contribution in [-0.2, 0) is 15.3 Å². The minimum Gasteiger partial charge on any atom is -0.507 e. The number of aliphatic hydroxyl groups is 1. The maximum Gasteiger partial charge on any atom is 0.301 e. The van der Waals surface area contributed by atoms with Gasteiger partial charge in [-0.3, -0.25) is 14.5 Å². The van der Waals surface area contributed by atoms with Crippen LogP contribution >= 0.6 is 34.7 Å². The number of thioether (sulfide) groups is 1. The van der Waals surface area contributed by atoms with Crippen molar-refractivity contribution >= 4 is 57.3 Å². The first-order chi connectivity index (χ1) is 20.2. The molecule has 1 saturated heterocycles.